The average molecular weight is 231 g/mol. The molecule has 0 saturated heterocycles. The Morgan fingerprint density at radius 1 is 1.31 bits per heavy atom. The van der Waals surface area contributed by atoms with Crippen molar-refractivity contribution < 1.29 is 24.5 Å². The Morgan fingerprint density at radius 2 is 1.88 bits per heavy atom. The van der Waals surface area contributed by atoms with Crippen molar-refractivity contribution >= 4 is 12.1 Å². The third kappa shape index (κ3) is 3.37. The van der Waals surface area contributed by atoms with Crippen LogP contribution in [0.1, 0.15) is 25.7 Å². The third-order valence-electron chi connectivity index (χ3n) is 2.95. The zero-order valence-electron chi connectivity index (χ0n) is 9.18. The minimum Gasteiger partial charge on any atom is -0.467 e. The first-order chi connectivity index (χ1) is 7.54. The van der Waals surface area contributed by atoms with Crippen LogP contribution in [0.15, 0.2) is 0 Å². The van der Waals surface area contributed by atoms with Crippen LogP contribution in [0, 0.1) is 5.92 Å². The second kappa shape index (κ2) is 5.69. The summed E-state index contributed by atoms with van der Waals surface area (Å²) in [6.45, 7) is 0. The van der Waals surface area contributed by atoms with Crippen molar-refractivity contribution in [3.05, 3.63) is 0 Å². The van der Waals surface area contributed by atoms with Crippen molar-refractivity contribution in [2.45, 2.75) is 37.8 Å². The van der Waals surface area contributed by atoms with Gasteiger partial charge in [-0.15, -0.1) is 0 Å². The predicted molar refractivity (Wildman–Crippen MR) is 54.9 cm³/mol. The van der Waals surface area contributed by atoms with Crippen LogP contribution >= 0.6 is 0 Å². The van der Waals surface area contributed by atoms with Crippen LogP contribution in [0.2, 0.25) is 0 Å². The molecule has 0 aromatic rings. The first-order valence-electron chi connectivity index (χ1n) is 5.30. The van der Waals surface area contributed by atoms with E-state index in [4.69, 9.17) is 5.11 Å². The Morgan fingerprint density at radius 3 is 2.31 bits per heavy atom. The van der Waals surface area contributed by atoms with Crippen LogP contribution in [0.25, 0.3) is 0 Å². The number of esters is 1. The van der Waals surface area contributed by atoms with Crippen molar-refractivity contribution in [3.8, 4) is 0 Å². The Balaban J connectivity index is 2.61. The molecule has 1 saturated carbocycles. The molecule has 1 unspecified atom stereocenters. The van der Waals surface area contributed by atoms with E-state index in [0.29, 0.717) is 25.7 Å². The highest BCUT2D eigenvalue weighted by Gasteiger charge is 2.33. The molecule has 1 rings (SSSR count). The van der Waals surface area contributed by atoms with Gasteiger partial charge >= 0.3 is 12.1 Å². The van der Waals surface area contributed by atoms with Gasteiger partial charge in [0.25, 0.3) is 0 Å². The molecule has 0 bridgehead atoms. The lowest BCUT2D eigenvalue weighted by molar-refractivity contribution is -0.145. The van der Waals surface area contributed by atoms with E-state index in [1.165, 1.54) is 7.11 Å². The summed E-state index contributed by atoms with van der Waals surface area (Å²) in [5.74, 6) is -0.657. The molecule has 0 aromatic heterocycles. The third-order valence-corrected chi connectivity index (χ3v) is 2.95. The molecule has 0 aromatic carbocycles. The van der Waals surface area contributed by atoms with Gasteiger partial charge in [-0.1, -0.05) is 0 Å². The predicted octanol–water partition coefficient (Wildman–Crippen LogP) is 0.347. The zero-order chi connectivity index (χ0) is 12.1. The van der Waals surface area contributed by atoms with Gasteiger partial charge in [0, 0.05) is 0 Å². The second-order valence-corrected chi connectivity index (χ2v) is 4.02. The SMILES string of the molecule is COC(=O)C(NC(=O)O)C1CCC(O)CC1. The molecule has 6 nitrogen and oxygen atoms in total. The van der Waals surface area contributed by atoms with Crippen LogP contribution < -0.4 is 5.32 Å². The van der Waals surface area contributed by atoms with Crippen molar-refractivity contribution in [2.24, 2.45) is 5.92 Å². The summed E-state index contributed by atoms with van der Waals surface area (Å²) in [5.41, 5.74) is 0. The van der Waals surface area contributed by atoms with E-state index in [0.717, 1.165) is 0 Å². The van der Waals surface area contributed by atoms with Crippen LogP contribution in [0.3, 0.4) is 0 Å². The highest BCUT2D eigenvalue weighted by Crippen LogP contribution is 2.27. The summed E-state index contributed by atoms with van der Waals surface area (Å²) in [7, 11) is 1.23. The Bertz CT molecular complexity index is 260. The van der Waals surface area contributed by atoms with Crippen LogP contribution in [0.5, 0.6) is 0 Å². The summed E-state index contributed by atoms with van der Waals surface area (Å²) < 4.78 is 4.57. The molecule has 1 atom stereocenters. The number of amides is 1. The maximum atomic E-state index is 11.4. The second-order valence-electron chi connectivity index (χ2n) is 4.02. The van der Waals surface area contributed by atoms with E-state index in [-0.39, 0.29) is 12.0 Å². The number of hydrogen-bond donors (Lipinski definition) is 3. The molecule has 92 valence electrons. The van der Waals surface area contributed by atoms with Crippen molar-refractivity contribution in [3.63, 3.8) is 0 Å². The minimum absolute atomic E-state index is 0.0908. The Labute approximate surface area is 93.6 Å². The Kier molecular flexibility index (Phi) is 4.54. The smallest absolute Gasteiger partial charge is 0.405 e. The normalized spacial score (nSPS) is 26.9. The monoisotopic (exact) mass is 231 g/mol. The van der Waals surface area contributed by atoms with Gasteiger partial charge in [0.15, 0.2) is 0 Å². The molecule has 3 N–H and O–H groups in total. The number of carboxylic acid groups (broad SMARTS) is 1. The molecular formula is C10H17NO5. The number of nitrogens with one attached hydrogen (secondary N) is 1. The number of carbonyl (C=O) groups excluding carboxylic acids is 1. The lowest BCUT2D eigenvalue weighted by Gasteiger charge is -2.30. The number of ether oxygens (including phenoxy) is 1. The molecule has 0 spiro atoms. The topological polar surface area (TPSA) is 95.9 Å². The number of carbonyl (C=O) groups is 2. The van der Waals surface area contributed by atoms with Crippen LogP contribution in [-0.2, 0) is 9.53 Å². The quantitative estimate of drug-likeness (QED) is 0.609. The van der Waals surface area contributed by atoms with E-state index in [1.807, 2.05) is 0 Å². The summed E-state index contributed by atoms with van der Waals surface area (Å²) in [6, 6.07) is -0.824. The lowest BCUT2D eigenvalue weighted by atomic mass is 9.82. The highest BCUT2D eigenvalue weighted by atomic mass is 16.5. The van der Waals surface area contributed by atoms with E-state index in [9.17, 15) is 14.7 Å². The minimum atomic E-state index is -1.23. The summed E-state index contributed by atoms with van der Waals surface area (Å²) in [4.78, 5) is 22.0. The summed E-state index contributed by atoms with van der Waals surface area (Å²) >= 11 is 0. The van der Waals surface area contributed by atoms with Crippen LogP contribution in [0.4, 0.5) is 4.79 Å². The van der Waals surface area contributed by atoms with Crippen LogP contribution in [-0.4, -0.2) is 41.5 Å². The van der Waals surface area contributed by atoms with E-state index < -0.39 is 18.1 Å². The van der Waals surface area contributed by atoms with Gasteiger partial charge in [0.2, 0.25) is 0 Å². The maximum Gasteiger partial charge on any atom is 0.405 e. The zero-order valence-corrected chi connectivity index (χ0v) is 9.18. The lowest BCUT2D eigenvalue weighted by Crippen LogP contribution is -2.47. The molecule has 0 aliphatic heterocycles. The van der Waals surface area contributed by atoms with E-state index >= 15 is 0 Å². The first-order valence-corrected chi connectivity index (χ1v) is 5.30. The first kappa shape index (κ1) is 12.8. The Hall–Kier alpha value is -1.30. The molecular weight excluding hydrogens is 214 g/mol. The number of aliphatic hydroxyl groups excluding tert-OH is 1. The molecule has 1 amide bonds. The van der Waals surface area contributed by atoms with Crippen molar-refractivity contribution in [1.82, 2.24) is 5.32 Å². The molecule has 6 heteroatoms. The van der Waals surface area contributed by atoms with Gasteiger partial charge in [-0.05, 0) is 31.6 Å². The fourth-order valence-electron chi connectivity index (χ4n) is 2.06. The number of aliphatic hydroxyl groups is 1. The number of rotatable bonds is 3. The van der Waals surface area contributed by atoms with E-state index in [2.05, 4.69) is 10.1 Å². The molecule has 1 aliphatic carbocycles. The van der Waals surface area contributed by atoms with Crippen molar-refractivity contribution in [1.29, 1.82) is 0 Å². The fraction of sp³-hybridized carbons (Fsp3) is 0.800. The number of methoxy groups -OCH3 is 1. The molecule has 1 aliphatic rings. The van der Waals surface area contributed by atoms with Crippen molar-refractivity contribution in [2.75, 3.05) is 7.11 Å². The van der Waals surface area contributed by atoms with Gasteiger partial charge in [0.1, 0.15) is 6.04 Å². The molecule has 0 radical (unpaired) electrons. The van der Waals surface area contributed by atoms with E-state index in [1.54, 1.807) is 0 Å². The molecule has 1 fully saturated rings. The standard InChI is InChI=1S/C10H17NO5/c1-16-9(13)8(11-10(14)15)6-2-4-7(12)5-3-6/h6-8,11-12H,2-5H2,1H3,(H,14,15). The van der Waals surface area contributed by atoms with Gasteiger partial charge in [-0.25, -0.2) is 9.59 Å². The van der Waals surface area contributed by atoms with Gasteiger partial charge in [0.05, 0.1) is 13.2 Å². The summed E-state index contributed by atoms with van der Waals surface area (Å²) in [6.07, 6.45) is 0.877. The largest absolute Gasteiger partial charge is 0.467 e. The summed E-state index contributed by atoms with van der Waals surface area (Å²) in [5, 5.41) is 20.2. The van der Waals surface area contributed by atoms with Gasteiger partial charge < -0.3 is 20.3 Å². The highest BCUT2D eigenvalue weighted by molar-refractivity contribution is 5.80. The fourth-order valence-corrected chi connectivity index (χ4v) is 2.06. The average Bonchev–Trinajstić information content (AvgIpc) is 2.26. The van der Waals surface area contributed by atoms with Gasteiger partial charge in [-0.3, -0.25) is 0 Å². The molecule has 16 heavy (non-hydrogen) atoms. The maximum absolute atomic E-state index is 11.4. The molecule has 0 heterocycles. The number of hydrogen-bond acceptors (Lipinski definition) is 4. The van der Waals surface area contributed by atoms with Gasteiger partial charge in [-0.2, -0.15) is 0 Å².